The van der Waals surface area contributed by atoms with Crippen LogP contribution in [0.2, 0.25) is 0 Å². The smallest absolute Gasteiger partial charge is 0.271 e. The molecule has 0 amide bonds. The van der Waals surface area contributed by atoms with Gasteiger partial charge in [0.2, 0.25) is 0 Å². The Morgan fingerprint density at radius 1 is 1.29 bits per heavy atom. The summed E-state index contributed by atoms with van der Waals surface area (Å²) in [6, 6.07) is 7.09. The van der Waals surface area contributed by atoms with Gasteiger partial charge in [-0.05, 0) is 44.4 Å². The topological polar surface area (TPSA) is 60.7 Å². The van der Waals surface area contributed by atoms with E-state index >= 15 is 0 Å². The molecule has 2 aromatic rings. The molecule has 0 aliphatic carbocycles. The molecular formula is C24H27F2NO4. The van der Waals surface area contributed by atoms with E-state index in [0.717, 1.165) is 12.5 Å². The molecule has 1 aromatic carbocycles. The summed E-state index contributed by atoms with van der Waals surface area (Å²) in [5, 5.41) is 11.4. The van der Waals surface area contributed by atoms with E-state index in [4.69, 9.17) is 9.47 Å². The average molecular weight is 431 g/mol. The van der Waals surface area contributed by atoms with Crippen LogP contribution in [0.4, 0.5) is 8.78 Å². The molecule has 31 heavy (non-hydrogen) atoms. The Labute approximate surface area is 179 Å². The third kappa shape index (κ3) is 4.29. The first-order valence-corrected chi connectivity index (χ1v) is 10.5. The van der Waals surface area contributed by atoms with Gasteiger partial charge in [0.1, 0.15) is 18.3 Å². The number of aliphatic hydroxyl groups is 1. The molecule has 1 N–H and O–H groups in total. The molecule has 166 valence electrons. The Balaban J connectivity index is 1.70. The number of halogens is 2. The zero-order valence-electron chi connectivity index (χ0n) is 17.8. The number of alkyl halides is 2. The van der Waals surface area contributed by atoms with E-state index in [1.807, 2.05) is 36.6 Å². The number of rotatable bonds is 5. The van der Waals surface area contributed by atoms with Crippen molar-refractivity contribution in [2.75, 3.05) is 0 Å². The molecule has 0 spiro atoms. The minimum atomic E-state index is -2.89. The number of fused-ring (bicyclic) bond motifs is 1. The van der Waals surface area contributed by atoms with Gasteiger partial charge in [-0.1, -0.05) is 18.2 Å². The largest absolute Gasteiger partial charge is 0.494 e. The van der Waals surface area contributed by atoms with Crippen molar-refractivity contribution in [2.45, 2.75) is 70.5 Å². The van der Waals surface area contributed by atoms with E-state index in [9.17, 15) is 18.7 Å². The lowest BCUT2D eigenvalue weighted by molar-refractivity contribution is -0.120. The zero-order valence-corrected chi connectivity index (χ0v) is 17.8. The van der Waals surface area contributed by atoms with Crippen molar-refractivity contribution in [3.8, 4) is 0 Å². The summed E-state index contributed by atoms with van der Waals surface area (Å²) in [4.78, 5) is 13.1. The maximum absolute atomic E-state index is 13.7. The Bertz CT molecular complexity index is 1100. The first kappa shape index (κ1) is 21.7. The molecule has 1 saturated heterocycles. The SMILES string of the molecule is CC1=CC(C(O)c2cn(CC3CC[C@@H](C(C)(F)F)O3)c3ccccc3c2=O)=COC1C. The van der Waals surface area contributed by atoms with Crippen LogP contribution in [0.25, 0.3) is 10.9 Å². The standard InChI is InChI=1S/C24H27F2NO4/c1-14-10-16(13-30-15(14)2)22(28)19-12-27(20-7-5-4-6-18(20)23(19)29)11-17-8-9-21(31-17)24(3,25)26/h4-7,10,12-13,15,17,21-22,28H,8-9,11H2,1-3H3/t15?,17?,21-,22?/m0/s1. The summed E-state index contributed by atoms with van der Waals surface area (Å²) in [6.07, 6.45) is 2.95. The summed E-state index contributed by atoms with van der Waals surface area (Å²) in [5.41, 5.74) is 2.06. The van der Waals surface area contributed by atoms with E-state index < -0.39 is 24.2 Å². The molecule has 1 aromatic heterocycles. The molecule has 0 saturated carbocycles. The van der Waals surface area contributed by atoms with Crippen LogP contribution in [0.15, 0.2) is 58.7 Å². The number of benzene rings is 1. The highest BCUT2D eigenvalue weighted by molar-refractivity contribution is 5.79. The van der Waals surface area contributed by atoms with Gasteiger partial charge in [0.25, 0.3) is 5.92 Å². The van der Waals surface area contributed by atoms with Crippen molar-refractivity contribution in [3.63, 3.8) is 0 Å². The Morgan fingerprint density at radius 3 is 2.71 bits per heavy atom. The second-order valence-electron chi connectivity index (χ2n) is 8.55. The van der Waals surface area contributed by atoms with Gasteiger partial charge >= 0.3 is 0 Å². The lowest BCUT2D eigenvalue weighted by Crippen LogP contribution is -2.31. The molecule has 0 radical (unpaired) electrons. The van der Waals surface area contributed by atoms with Crippen LogP contribution >= 0.6 is 0 Å². The fourth-order valence-electron chi connectivity index (χ4n) is 4.17. The fourth-order valence-corrected chi connectivity index (χ4v) is 4.17. The van der Waals surface area contributed by atoms with Crippen LogP contribution in [0.3, 0.4) is 0 Å². The number of para-hydroxylation sites is 1. The Kier molecular flexibility index (Phi) is 5.75. The van der Waals surface area contributed by atoms with Gasteiger partial charge < -0.3 is 19.1 Å². The number of aromatic nitrogens is 1. The highest BCUT2D eigenvalue weighted by Crippen LogP contribution is 2.33. The summed E-state index contributed by atoms with van der Waals surface area (Å²) >= 11 is 0. The zero-order chi connectivity index (χ0) is 22.3. The predicted molar refractivity (Wildman–Crippen MR) is 114 cm³/mol. The highest BCUT2D eigenvalue weighted by Gasteiger charge is 2.41. The van der Waals surface area contributed by atoms with E-state index in [2.05, 4.69) is 0 Å². The number of aliphatic hydroxyl groups excluding tert-OH is 1. The number of pyridine rings is 1. The third-order valence-corrected chi connectivity index (χ3v) is 6.14. The molecule has 3 heterocycles. The summed E-state index contributed by atoms with van der Waals surface area (Å²) in [6.45, 7) is 5.00. The Hall–Kier alpha value is -2.51. The molecular weight excluding hydrogens is 404 g/mol. The van der Waals surface area contributed by atoms with E-state index in [1.165, 1.54) is 6.26 Å². The van der Waals surface area contributed by atoms with Gasteiger partial charge in [-0.15, -0.1) is 0 Å². The second-order valence-corrected chi connectivity index (χ2v) is 8.55. The number of hydrogen-bond acceptors (Lipinski definition) is 4. The second kappa shape index (κ2) is 8.20. The van der Waals surface area contributed by atoms with Crippen LogP contribution in [0.5, 0.6) is 0 Å². The molecule has 2 aliphatic rings. The van der Waals surface area contributed by atoms with Crippen LogP contribution < -0.4 is 5.43 Å². The van der Waals surface area contributed by atoms with Crippen molar-refractivity contribution in [1.29, 1.82) is 0 Å². The predicted octanol–water partition coefficient (Wildman–Crippen LogP) is 4.49. The van der Waals surface area contributed by atoms with Crippen LogP contribution in [0, 0.1) is 0 Å². The quantitative estimate of drug-likeness (QED) is 0.758. The highest BCUT2D eigenvalue weighted by atomic mass is 19.3. The summed E-state index contributed by atoms with van der Waals surface area (Å²) in [7, 11) is 0. The summed E-state index contributed by atoms with van der Waals surface area (Å²) in [5.74, 6) is -2.89. The monoisotopic (exact) mass is 431 g/mol. The number of nitrogens with zero attached hydrogens (tertiary/aromatic N) is 1. The van der Waals surface area contributed by atoms with E-state index in [1.54, 1.807) is 18.3 Å². The van der Waals surface area contributed by atoms with Gasteiger partial charge in [0.15, 0.2) is 5.43 Å². The first-order valence-electron chi connectivity index (χ1n) is 10.5. The first-order chi connectivity index (χ1) is 14.6. The van der Waals surface area contributed by atoms with Crippen molar-refractivity contribution in [1.82, 2.24) is 4.57 Å². The molecule has 7 heteroatoms. The third-order valence-electron chi connectivity index (χ3n) is 6.14. The van der Waals surface area contributed by atoms with Crippen LogP contribution in [-0.4, -0.2) is 33.9 Å². The molecule has 4 rings (SSSR count). The lowest BCUT2D eigenvalue weighted by atomic mass is 9.97. The maximum atomic E-state index is 13.7. The van der Waals surface area contributed by atoms with E-state index in [-0.39, 0.29) is 23.5 Å². The van der Waals surface area contributed by atoms with Gasteiger partial charge in [0, 0.05) is 36.2 Å². The maximum Gasteiger partial charge on any atom is 0.271 e. The normalized spacial score (nSPS) is 25.2. The van der Waals surface area contributed by atoms with Crippen LogP contribution in [0.1, 0.15) is 45.3 Å². The van der Waals surface area contributed by atoms with Gasteiger partial charge in [-0.2, -0.15) is 0 Å². The number of hydrogen-bond donors (Lipinski definition) is 1. The summed E-state index contributed by atoms with van der Waals surface area (Å²) < 4.78 is 40.3. The fraction of sp³-hybridized carbons (Fsp3) is 0.458. The minimum Gasteiger partial charge on any atom is -0.494 e. The molecule has 3 unspecified atom stereocenters. The molecule has 5 nitrogen and oxygen atoms in total. The molecule has 0 bridgehead atoms. The van der Waals surface area contributed by atoms with Crippen molar-refractivity contribution >= 4 is 10.9 Å². The van der Waals surface area contributed by atoms with Crippen molar-refractivity contribution < 1.29 is 23.4 Å². The van der Waals surface area contributed by atoms with Crippen molar-refractivity contribution in [3.05, 3.63) is 69.7 Å². The molecule has 2 aliphatic heterocycles. The number of ether oxygens (including phenoxy) is 2. The Morgan fingerprint density at radius 2 is 2.03 bits per heavy atom. The van der Waals surface area contributed by atoms with Gasteiger partial charge in [0.05, 0.1) is 17.9 Å². The lowest BCUT2D eigenvalue weighted by Gasteiger charge is -2.24. The van der Waals surface area contributed by atoms with E-state index in [0.29, 0.717) is 29.4 Å². The average Bonchev–Trinajstić information content (AvgIpc) is 3.21. The molecule has 4 atom stereocenters. The molecule has 1 fully saturated rings. The van der Waals surface area contributed by atoms with Crippen molar-refractivity contribution in [2.24, 2.45) is 0 Å². The van der Waals surface area contributed by atoms with Crippen LogP contribution in [-0.2, 0) is 16.0 Å². The van der Waals surface area contributed by atoms with Gasteiger partial charge in [-0.25, -0.2) is 8.78 Å². The van der Waals surface area contributed by atoms with Gasteiger partial charge in [-0.3, -0.25) is 4.79 Å². The minimum absolute atomic E-state index is 0.0895.